The molecule has 7 heteroatoms. The van der Waals surface area contributed by atoms with Crippen molar-refractivity contribution in [2.75, 3.05) is 4.90 Å². The van der Waals surface area contributed by atoms with Gasteiger partial charge in [-0.2, -0.15) is 0 Å². The molecule has 0 saturated carbocycles. The summed E-state index contributed by atoms with van der Waals surface area (Å²) in [5.74, 6) is -0.104. The van der Waals surface area contributed by atoms with Crippen molar-refractivity contribution in [2.24, 2.45) is 0 Å². The number of fused-ring (bicyclic) bond motifs is 2. The van der Waals surface area contributed by atoms with Crippen LogP contribution in [0.4, 0.5) is 11.4 Å². The molecule has 1 aliphatic rings. The van der Waals surface area contributed by atoms with Crippen molar-refractivity contribution in [3.63, 3.8) is 0 Å². The number of carbonyl (C=O) groups is 1. The van der Waals surface area contributed by atoms with E-state index in [4.69, 9.17) is 11.6 Å². The van der Waals surface area contributed by atoms with Crippen LogP contribution in [0.15, 0.2) is 71.0 Å². The summed E-state index contributed by atoms with van der Waals surface area (Å²) in [4.78, 5) is 19.8. The van der Waals surface area contributed by atoms with E-state index in [1.165, 1.54) is 0 Å². The molecule has 0 bridgehead atoms. The van der Waals surface area contributed by atoms with Crippen LogP contribution in [0, 0.1) is 0 Å². The molecule has 1 aliphatic heterocycles. The Labute approximate surface area is 153 Å². The van der Waals surface area contributed by atoms with Crippen LogP contribution >= 0.6 is 11.6 Å². The fourth-order valence-electron chi connectivity index (χ4n) is 2.91. The molecular weight excluding hydrogens is 358 g/mol. The zero-order valence-corrected chi connectivity index (χ0v) is 14.7. The fraction of sp³-hybridized carbons (Fsp3) is 0.111. The van der Waals surface area contributed by atoms with E-state index >= 15 is 0 Å². The molecule has 1 aromatic heterocycles. The Morgan fingerprint density at radius 2 is 1.96 bits per heavy atom. The molecule has 4 rings (SSSR count). The Morgan fingerprint density at radius 1 is 1.16 bits per heavy atom. The molecule has 1 amide bonds. The Hall–Kier alpha value is -2.28. The molecule has 2 heterocycles. The lowest BCUT2D eigenvalue weighted by atomic mass is 10.2. The van der Waals surface area contributed by atoms with E-state index in [0.717, 1.165) is 0 Å². The molecule has 0 aliphatic carbocycles. The molecule has 1 atom stereocenters. The van der Waals surface area contributed by atoms with E-state index in [9.17, 15) is 9.35 Å². The van der Waals surface area contributed by atoms with Gasteiger partial charge in [0.15, 0.2) is 9.79 Å². The lowest BCUT2D eigenvalue weighted by molar-refractivity contribution is -0.118. The summed E-state index contributed by atoms with van der Waals surface area (Å²) in [6.07, 6.45) is 5.44. The van der Waals surface area contributed by atoms with Gasteiger partial charge in [0.25, 0.3) is 0 Å². The number of hydrogen-bond acceptors (Lipinski definition) is 3. The SMILES string of the molecule is O=C(CCn1ccnc1)N1c2ccccc2[S+]([O-])c2cccc(Cl)c21. The van der Waals surface area contributed by atoms with Gasteiger partial charge in [-0.25, -0.2) is 4.98 Å². The van der Waals surface area contributed by atoms with E-state index in [-0.39, 0.29) is 12.3 Å². The molecule has 0 spiro atoms. The predicted molar refractivity (Wildman–Crippen MR) is 96.6 cm³/mol. The number of aromatic nitrogens is 2. The maximum Gasteiger partial charge on any atom is 0.233 e. The molecule has 0 radical (unpaired) electrons. The van der Waals surface area contributed by atoms with Crippen LogP contribution in [0.2, 0.25) is 5.02 Å². The summed E-state index contributed by atoms with van der Waals surface area (Å²) in [5, 5.41) is 0.413. The summed E-state index contributed by atoms with van der Waals surface area (Å²) in [7, 11) is 0. The number of para-hydroxylation sites is 2. The van der Waals surface area contributed by atoms with Crippen molar-refractivity contribution in [2.45, 2.75) is 22.8 Å². The fourth-order valence-corrected chi connectivity index (χ4v) is 4.60. The van der Waals surface area contributed by atoms with Crippen LogP contribution in [0.1, 0.15) is 6.42 Å². The van der Waals surface area contributed by atoms with Gasteiger partial charge in [0.2, 0.25) is 5.91 Å². The molecule has 1 unspecified atom stereocenters. The number of hydrogen-bond donors (Lipinski definition) is 0. The normalized spacial score (nSPS) is 15.6. The van der Waals surface area contributed by atoms with Gasteiger partial charge in [-0.3, -0.25) is 9.69 Å². The molecule has 0 fully saturated rings. The number of aryl methyl sites for hydroxylation is 1. The smallest absolute Gasteiger partial charge is 0.233 e. The minimum atomic E-state index is -1.36. The first-order valence-corrected chi connectivity index (χ1v) is 9.27. The van der Waals surface area contributed by atoms with Crippen LogP contribution in [0.3, 0.4) is 0 Å². The highest BCUT2D eigenvalue weighted by Crippen LogP contribution is 2.47. The Kier molecular flexibility index (Phi) is 4.25. The average Bonchev–Trinajstić information content (AvgIpc) is 3.14. The molecule has 25 heavy (non-hydrogen) atoms. The van der Waals surface area contributed by atoms with Gasteiger partial charge in [0.05, 0.1) is 11.3 Å². The number of amides is 1. The standard InChI is InChI=1S/C18H14ClN3O2S/c19-13-4-3-7-16-18(13)22(14-5-1-2-6-15(14)25(16)24)17(23)8-10-21-11-9-20-12-21/h1-7,9,11-12H,8,10H2. The second-order valence-corrected chi connectivity index (χ2v) is 7.43. The van der Waals surface area contributed by atoms with E-state index in [2.05, 4.69) is 4.98 Å². The van der Waals surface area contributed by atoms with Crippen molar-refractivity contribution in [1.29, 1.82) is 0 Å². The van der Waals surface area contributed by atoms with Crippen LogP contribution in [0.25, 0.3) is 0 Å². The minimum absolute atomic E-state index is 0.104. The van der Waals surface area contributed by atoms with Crippen molar-refractivity contribution >= 4 is 40.1 Å². The van der Waals surface area contributed by atoms with Gasteiger partial charge in [-0.1, -0.05) is 29.8 Å². The van der Waals surface area contributed by atoms with Crippen LogP contribution in [-0.4, -0.2) is 20.0 Å². The van der Waals surface area contributed by atoms with Gasteiger partial charge < -0.3 is 9.12 Å². The lowest BCUT2D eigenvalue weighted by Gasteiger charge is -2.32. The summed E-state index contributed by atoms with van der Waals surface area (Å²) >= 11 is 5.00. The molecule has 0 N–H and O–H groups in total. The van der Waals surface area contributed by atoms with Crippen LogP contribution in [-0.2, 0) is 22.5 Å². The van der Waals surface area contributed by atoms with Gasteiger partial charge in [-0.05, 0) is 24.3 Å². The zero-order valence-electron chi connectivity index (χ0n) is 13.1. The summed E-state index contributed by atoms with van der Waals surface area (Å²) in [5.41, 5.74) is 1.13. The highest BCUT2D eigenvalue weighted by molar-refractivity contribution is 7.92. The highest BCUT2D eigenvalue weighted by atomic mass is 35.5. The number of imidazole rings is 1. The third kappa shape index (κ3) is 2.82. The second kappa shape index (κ2) is 6.55. The maximum absolute atomic E-state index is 13.0. The lowest BCUT2D eigenvalue weighted by Crippen LogP contribution is -2.32. The first kappa shape index (κ1) is 16.2. The number of nitrogens with zero attached hydrogens (tertiary/aromatic N) is 3. The van der Waals surface area contributed by atoms with Crippen molar-refractivity contribution < 1.29 is 9.35 Å². The molecule has 3 aromatic rings. The highest BCUT2D eigenvalue weighted by Gasteiger charge is 2.37. The monoisotopic (exact) mass is 371 g/mol. The number of rotatable bonds is 3. The Bertz CT molecular complexity index is 930. The van der Waals surface area contributed by atoms with E-state index < -0.39 is 11.2 Å². The molecule has 2 aromatic carbocycles. The number of halogens is 1. The van der Waals surface area contributed by atoms with Crippen molar-refractivity contribution in [1.82, 2.24) is 9.55 Å². The molecule has 0 saturated heterocycles. The topological polar surface area (TPSA) is 61.2 Å². The van der Waals surface area contributed by atoms with Gasteiger partial charge >= 0.3 is 0 Å². The van der Waals surface area contributed by atoms with E-state index in [1.54, 1.807) is 47.8 Å². The average molecular weight is 372 g/mol. The van der Waals surface area contributed by atoms with Crippen LogP contribution in [0.5, 0.6) is 0 Å². The largest absolute Gasteiger partial charge is 0.606 e. The van der Waals surface area contributed by atoms with Crippen molar-refractivity contribution in [3.8, 4) is 0 Å². The van der Waals surface area contributed by atoms with Crippen molar-refractivity contribution in [3.05, 3.63) is 66.2 Å². The number of benzene rings is 2. The zero-order chi connectivity index (χ0) is 17.4. The summed E-state index contributed by atoms with van der Waals surface area (Å²) in [6.45, 7) is 0.514. The third-order valence-electron chi connectivity index (χ3n) is 4.07. The quantitative estimate of drug-likeness (QED) is 0.658. The van der Waals surface area contributed by atoms with Gasteiger partial charge in [-0.15, -0.1) is 0 Å². The predicted octanol–water partition coefficient (Wildman–Crippen LogP) is 3.77. The molecule has 126 valence electrons. The third-order valence-corrected chi connectivity index (χ3v) is 5.85. The minimum Gasteiger partial charge on any atom is -0.606 e. The molecular formula is C18H14ClN3O2S. The summed E-state index contributed by atoms with van der Waals surface area (Å²) < 4.78 is 14.7. The van der Waals surface area contributed by atoms with E-state index in [1.807, 2.05) is 22.9 Å². The first-order chi connectivity index (χ1) is 12.2. The maximum atomic E-state index is 13.0. The summed E-state index contributed by atoms with van der Waals surface area (Å²) in [6, 6.07) is 12.4. The Balaban J connectivity index is 1.76. The number of anilines is 2. The first-order valence-electron chi connectivity index (χ1n) is 7.75. The van der Waals surface area contributed by atoms with Gasteiger partial charge in [0.1, 0.15) is 11.4 Å². The van der Waals surface area contributed by atoms with Crippen LogP contribution < -0.4 is 4.90 Å². The molecule has 5 nitrogen and oxygen atoms in total. The number of carbonyl (C=O) groups excluding carboxylic acids is 1. The Morgan fingerprint density at radius 3 is 2.76 bits per heavy atom. The second-order valence-electron chi connectivity index (χ2n) is 5.60. The van der Waals surface area contributed by atoms with Gasteiger partial charge in [0, 0.05) is 36.5 Å². The van der Waals surface area contributed by atoms with E-state index in [0.29, 0.717) is 32.7 Å².